The van der Waals surface area contributed by atoms with E-state index in [1.165, 1.54) is 6.26 Å². The van der Waals surface area contributed by atoms with Crippen molar-refractivity contribution in [2.45, 2.75) is 11.2 Å². The van der Waals surface area contributed by atoms with Crippen LogP contribution >= 0.6 is 15.9 Å². The van der Waals surface area contributed by atoms with Crippen molar-refractivity contribution >= 4 is 25.8 Å². The van der Waals surface area contributed by atoms with E-state index >= 15 is 0 Å². The van der Waals surface area contributed by atoms with E-state index in [4.69, 9.17) is 5.73 Å². The van der Waals surface area contributed by atoms with Gasteiger partial charge in [-0.15, -0.1) is 0 Å². The van der Waals surface area contributed by atoms with Gasteiger partial charge in [0.05, 0.1) is 5.25 Å². The zero-order chi connectivity index (χ0) is 11.9. The quantitative estimate of drug-likeness (QED) is 0.921. The van der Waals surface area contributed by atoms with Crippen LogP contribution in [0.1, 0.15) is 11.5 Å². The minimum atomic E-state index is -2.99. The van der Waals surface area contributed by atoms with E-state index in [1.54, 1.807) is 0 Å². The van der Waals surface area contributed by atoms with E-state index in [0.29, 0.717) is 6.54 Å². The molecule has 88 valence electrons. The highest BCUT2D eigenvalue weighted by atomic mass is 79.9. The molecule has 1 aromatic rings. The Kier molecular flexibility index (Phi) is 3.11. The first-order valence-corrected chi connectivity index (χ1v) is 7.84. The second-order valence-corrected chi connectivity index (χ2v) is 7.39. The van der Waals surface area contributed by atoms with Crippen molar-refractivity contribution in [1.82, 2.24) is 0 Å². The average molecular weight is 304 g/mol. The summed E-state index contributed by atoms with van der Waals surface area (Å²) < 4.78 is 24.1. The zero-order valence-corrected chi connectivity index (χ0v) is 11.3. The van der Waals surface area contributed by atoms with E-state index in [1.807, 2.05) is 24.3 Å². The third-order valence-electron chi connectivity index (χ3n) is 3.12. The van der Waals surface area contributed by atoms with E-state index in [2.05, 4.69) is 15.9 Å². The first-order valence-electron chi connectivity index (χ1n) is 5.09. The first-order chi connectivity index (χ1) is 7.45. The molecule has 5 heteroatoms. The highest BCUT2D eigenvalue weighted by Gasteiger charge is 2.55. The summed E-state index contributed by atoms with van der Waals surface area (Å²) in [5.41, 5.74) is 6.67. The van der Waals surface area contributed by atoms with Gasteiger partial charge in [0.1, 0.15) is 0 Å². The molecule has 1 aliphatic rings. The second-order valence-electron chi connectivity index (χ2n) is 4.27. The van der Waals surface area contributed by atoms with Gasteiger partial charge in [0.25, 0.3) is 0 Å². The van der Waals surface area contributed by atoms with Crippen LogP contribution in [0.25, 0.3) is 0 Å². The normalized spacial score (nSPS) is 29.1. The lowest BCUT2D eigenvalue weighted by Crippen LogP contribution is -2.11. The topological polar surface area (TPSA) is 60.2 Å². The summed E-state index contributed by atoms with van der Waals surface area (Å²) in [7, 11) is -2.99. The molecule has 0 spiro atoms. The van der Waals surface area contributed by atoms with Gasteiger partial charge in [0.2, 0.25) is 0 Å². The smallest absolute Gasteiger partial charge is 0.151 e. The number of nitrogens with two attached hydrogens (primary N) is 1. The van der Waals surface area contributed by atoms with E-state index in [0.717, 1.165) is 10.0 Å². The third kappa shape index (κ3) is 2.17. The maximum absolute atomic E-state index is 11.5. The molecule has 1 aromatic carbocycles. The molecule has 0 bridgehead atoms. The van der Waals surface area contributed by atoms with Crippen molar-refractivity contribution in [3.63, 3.8) is 0 Å². The Bertz CT molecular complexity index is 483. The van der Waals surface area contributed by atoms with Crippen LogP contribution in [-0.2, 0) is 9.84 Å². The Hall–Kier alpha value is -0.390. The lowest BCUT2D eigenvalue weighted by atomic mass is 10.1. The van der Waals surface area contributed by atoms with Gasteiger partial charge in [-0.2, -0.15) is 0 Å². The Morgan fingerprint density at radius 3 is 2.25 bits per heavy atom. The minimum Gasteiger partial charge on any atom is -0.330 e. The first kappa shape index (κ1) is 12.1. The number of hydrogen-bond donors (Lipinski definition) is 1. The fraction of sp³-hybridized carbons (Fsp3) is 0.455. The molecule has 2 rings (SSSR count). The summed E-state index contributed by atoms with van der Waals surface area (Å²) in [6.45, 7) is 0.429. The van der Waals surface area contributed by atoms with Crippen molar-refractivity contribution in [1.29, 1.82) is 0 Å². The number of benzene rings is 1. The summed E-state index contributed by atoms with van der Waals surface area (Å²) in [6.07, 6.45) is 1.29. The molecule has 0 saturated heterocycles. The van der Waals surface area contributed by atoms with Crippen LogP contribution < -0.4 is 5.73 Å². The van der Waals surface area contributed by atoms with Crippen LogP contribution in [0.4, 0.5) is 0 Å². The highest BCUT2D eigenvalue weighted by molar-refractivity contribution is 9.10. The maximum Gasteiger partial charge on any atom is 0.151 e. The molecule has 1 saturated carbocycles. The van der Waals surface area contributed by atoms with Crippen molar-refractivity contribution in [3.8, 4) is 0 Å². The van der Waals surface area contributed by atoms with E-state index < -0.39 is 9.84 Å². The molecule has 2 N–H and O–H groups in total. The zero-order valence-electron chi connectivity index (χ0n) is 8.93. The van der Waals surface area contributed by atoms with Gasteiger partial charge >= 0.3 is 0 Å². The fourth-order valence-electron chi connectivity index (χ4n) is 2.33. The predicted octanol–water partition coefficient (Wildman–Crippen LogP) is 1.53. The van der Waals surface area contributed by atoms with Crippen molar-refractivity contribution in [2.24, 2.45) is 11.7 Å². The SMILES string of the molecule is CS(=O)(=O)[C@H]1[C@@H](CN)[C@@H]1c1ccc(Br)cc1. The lowest BCUT2D eigenvalue weighted by molar-refractivity contribution is 0.597. The number of rotatable bonds is 3. The molecule has 1 fully saturated rings. The molecule has 16 heavy (non-hydrogen) atoms. The van der Waals surface area contributed by atoms with Gasteiger partial charge in [-0.1, -0.05) is 28.1 Å². The molecule has 0 aliphatic heterocycles. The summed E-state index contributed by atoms with van der Waals surface area (Å²) in [5, 5.41) is -0.293. The van der Waals surface area contributed by atoms with Crippen LogP contribution in [0.15, 0.2) is 28.7 Å². The minimum absolute atomic E-state index is 0.0769. The van der Waals surface area contributed by atoms with Crippen LogP contribution in [-0.4, -0.2) is 26.5 Å². The molecule has 0 heterocycles. The van der Waals surface area contributed by atoms with E-state index in [-0.39, 0.29) is 17.1 Å². The van der Waals surface area contributed by atoms with Gasteiger partial charge < -0.3 is 5.73 Å². The molecule has 1 aliphatic carbocycles. The Balaban J connectivity index is 2.27. The molecule has 0 aromatic heterocycles. The summed E-state index contributed by atoms with van der Waals surface area (Å²) in [6, 6.07) is 7.78. The van der Waals surface area contributed by atoms with E-state index in [9.17, 15) is 8.42 Å². The largest absolute Gasteiger partial charge is 0.330 e. The van der Waals surface area contributed by atoms with Crippen molar-refractivity contribution in [2.75, 3.05) is 12.8 Å². The molecule has 3 atom stereocenters. The Labute approximate surface area is 104 Å². The van der Waals surface area contributed by atoms with Gasteiger partial charge in [0.15, 0.2) is 9.84 Å². The summed E-state index contributed by atoms with van der Waals surface area (Å²) in [4.78, 5) is 0. The Morgan fingerprint density at radius 1 is 1.31 bits per heavy atom. The maximum atomic E-state index is 11.5. The van der Waals surface area contributed by atoms with Crippen LogP contribution in [0, 0.1) is 5.92 Å². The number of sulfone groups is 1. The third-order valence-corrected chi connectivity index (χ3v) is 5.28. The molecular weight excluding hydrogens is 290 g/mol. The van der Waals surface area contributed by atoms with Crippen LogP contribution in [0.2, 0.25) is 0 Å². The van der Waals surface area contributed by atoms with Gasteiger partial charge in [0, 0.05) is 16.6 Å². The fourth-order valence-corrected chi connectivity index (χ4v) is 4.31. The highest BCUT2D eigenvalue weighted by Crippen LogP contribution is 2.51. The molecule has 0 amide bonds. The predicted molar refractivity (Wildman–Crippen MR) is 68.1 cm³/mol. The molecular formula is C11H14BrNO2S. The lowest BCUT2D eigenvalue weighted by Gasteiger charge is -1.99. The standard InChI is InChI=1S/C11H14BrNO2S/c1-16(14,15)11-9(6-13)10(11)7-2-4-8(12)5-3-7/h2-5,9-11H,6,13H2,1H3/t9-,10-,11-/m0/s1. The second kappa shape index (κ2) is 4.13. The summed E-state index contributed by atoms with van der Waals surface area (Å²) in [5.74, 6) is 0.157. The Morgan fingerprint density at radius 2 is 1.88 bits per heavy atom. The number of hydrogen-bond acceptors (Lipinski definition) is 3. The average Bonchev–Trinajstić information content (AvgIpc) is 2.92. The monoisotopic (exact) mass is 303 g/mol. The molecule has 3 nitrogen and oxygen atoms in total. The van der Waals surface area contributed by atoms with Gasteiger partial charge in [-0.05, 0) is 30.2 Å². The summed E-state index contributed by atoms with van der Waals surface area (Å²) >= 11 is 3.36. The van der Waals surface area contributed by atoms with Crippen LogP contribution in [0.5, 0.6) is 0 Å². The number of halogens is 1. The molecule has 0 radical (unpaired) electrons. The van der Waals surface area contributed by atoms with Gasteiger partial charge in [-0.3, -0.25) is 0 Å². The molecule has 0 unspecified atom stereocenters. The van der Waals surface area contributed by atoms with Crippen molar-refractivity contribution < 1.29 is 8.42 Å². The van der Waals surface area contributed by atoms with Gasteiger partial charge in [-0.25, -0.2) is 8.42 Å². The van der Waals surface area contributed by atoms with Crippen LogP contribution in [0.3, 0.4) is 0 Å². The van der Waals surface area contributed by atoms with Crippen molar-refractivity contribution in [3.05, 3.63) is 34.3 Å².